The second kappa shape index (κ2) is 10.2. The number of aryl methyl sites for hydroxylation is 1. The molecule has 2 aromatic carbocycles. The number of rotatable bonds is 8. The molecule has 25 heavy (non-hydrogen) atoms. The molecule has 0 aliphatic carbocycles. The van der Waals surface area contributed by atoms with E-state index in [0.29, 0.717) is 5.75 Å². The third-order valence-corrected chi connectivity index (χ3v) is 4.58. The Hall–Kier alpha value is -1.05. The van der Waals surface area contributed by atoms with Crippen LogP contribution in [-0.2, 0) is 16.5 Å². The van der Waals surface area contributed by atoms with Crippen molar-refractivity contribution in [3.05, 3.63) is 48.0 Å². The van der Waals surface area contributed by atoms with E-state index in [-0.39, 0.29) is 35.3 Å². The van der Waals surface area contributed by atoms with E-state index in [2.05, 4.69) is 6.92 Å². The van der Waals surface area contributed by atoms with Crippen molar-refractivity contribution in [3.8, 4) is 17.2 Å². The molecule has 1 N–H and O–H groups in total. The van der Waals surface area contributed by atoms with Crippen LogP contribution in [0.25, 0.3) is 0 Å². The average Bonchev–Trinajstić information content (AvgIpc) is 2.54. The fourth-order valence-electron chi connectivity index (χ4n) is 2.46. The smallest absolute Gasteiger partial charge is 0.870 e. The van der Waals surface area contributed by atoms with Crippen LogP contribution in [0.1, 0.15) is 38.2 Å². The Morgan fingerprint density at radius 3 is 2.44 bits per heavy atom. The van der Waals surface area contributed by atoms with E-state index < -0.39 is 20.8 Å². The van der Waals surface area contributed by atoms with E-state index in [4.69, 9.17) is 4.74 Å². The maximum absolute atomic E-state index is 12.0. The van der Waals surface area contributed by atoms with E-state index in [1.54, 1.807) is 12.1 Å². The molecule has 2 rings (SSSR count). The maximum Gasteiger partial charge on any atom is 1.00 e. The number of hydrogen-bond donors (Lipinski definition) is 1. The van der Waals surface area contributed by atoms with Crippen molar-refractivity contribution in [2.45, 2.75) is 43.9 Å². The Bertz CT molecular complexity index is 790. The van der Waals surface area contributed by atoms with Gasteiger partial charge in [-0.25, -0.2) is 0 Å². The minimum absolute atomic E-state index is 0. The summed E-state index contributed by atoms with van der Waals surface area (Å²) >= 11 is 0. The van der Waals surface area contributed by atoms with Gasteiger partial charge in [0, 0.05) is 0 Å². The van der Waals surface area contributed by atoms with Gasteiger partial charge in [-0.1, -0.05) is 62.3 Å². The summed E-state index contributed by atoms with van der Waals surface area (Å²) in [5, 5.41) is 12.0. The van der Waals surface area contributed by atoms with Crippen LogP contribution in [0, 0.1) is 0 Å². The third-order valence-electron chi connectivity index (χ3n) is 3.70. The van der Waals surface area contributed by atoms with Crippen LogP contribution >= 0.6 is 0 Å². The second-order valence-corrected chi connectivity index (χ2v) is 6.97. The Morgan fingerprint density at radius 1 is 1.04 bits per heavy atom. The SMILES string of the molecule is CCCCCCc1ccccc1Oc1c([O-])cccc1S(=O)(=O)O.[Na+]. The van der Waals surface area contributed by atoms with Gasteiger partial charge in [0.15, 0.2) is 0 Å². The number of ether oxygens (including phenoxy) is 1. The van der Waals surface area contributed by atoms with Gasteiger partial charge in [-0.05, 0) is 30.5 Å². The molecule has 0 aromatic heterocycles. The first-order chi connectivity index (χ1) is 11.4. The second-order valence-electron chi connectivity index (χ2n) is 5.58. The Kier molecular flexibility index (Phi) is 8.96. The van der Waals surface area contributed by atoms with Crippen molar-refractivity contribution in [2.24, 2.45) is 0 Å². The van der Waals surface area contributed by atoms with Gasteiger partial charge in [-0.15, -0.1) is 0 Å². The number of hydrogen-bond acceptors (Lipinski definition) is 4. The van der Waals surface area contributed by atoms with E-state index in [9.17, 15) is 18.1 Å². The van der Waals surface area contributed by atoms with Crippen LogP contribution < -0.4 is 39.4 Å². The Morgan fingerprint density at radius 2 is 1.76 bits per heavy atom. The summed E-state index contributed by atoms with van der Waals surface area (Å²) in [6.45, 7) is 2.14. The van der Waals surface area contributed by atoms with Crippen molar-refractivity contribution in [3.63, 3.8) is 0 Å². The van der Waals surface area contributed by atoms with E-state index in [1.807, 2.05) is 12.1 Å². The zero-order valence-electron chi connectivity index (χ0n) is 14.6. The minimum atomic E-state index is -4.54. The first kappa shape index (κ1) is 22.0. The quantitative estimate of drug-likeness (QED) is 0.423. The molecule has 0 bridgehead atoms. The summed E-state index contributed by atoms with van der Waals surface area (Å²) in [4.78, 5) is -0.518. The largest absolute Gasteiger partial charge is 1.00 e. The summed E-state index contributed by atoms with van der Waals surface area (Å²) in [6.07, 6.45) is 5.15. The molecule has 7 heteroatoms. The third kappa shape index (κ3) is 6.31. The van der Waals surface area contributed by atoms with Crippen molar-refractivity contribution < 1.29 is 52.4 Å². The maximum atomic E-state index is 12.0. The normalized spacial score (nSPS) is 11.0. The predicted molar refractivity (Wildman–Crippen MR) is 90.1 cm³/mol. The van der Waals surface area contributed by atoms with Crippen LogP contribution in [0.5, 0.6) is 17.2 Å². The van der Waals surface area contributed by atoms with Crippen molar-refractivity contribution in [2.75, 3.05) is 0 Å². The molecule has 0 saturated heterocycles. The molecule has 0 amide bonds. The topological polar surface area (TPSA) is 86.7 Å². The average molecular weight is 372 g/mol. The van der Waals surface area contributed by atoms with Crippen LogP contribution in [-0.4, -0.2) is 13.0 Å². The summed E-state index contributed by atoms with van der Waals surface area (Å²) in [6, 6.07) is 10.8. The van der Waals surface area contributed by atoms with Crippen LogP contribution in [0.15, 0.2) is 47.4 Å². The molecule has 2 aromatic rings. The zero-order chi connectivity index (χ0) is 17.6. The number of benzene rings is 2. The Balaban J connectivity index is 0.00000312. The van der Waals surface area contributed by atoms with Gasteiger partial charge in [0.1, 0.15) is 16.4 Å². The fraction of sp³-hybridized carbons (Fsp3) is 0.333. The molecular formula is C18H21NaO5S. The molecule has 0 spiro atoms. The predicted octanol–water partition coefficient (Wildman–Crippen LogP) is 0.926. The molecule has 0 aliphatic rings. The van der Waals surface area contributed by atoms with Gasteiger partial charge in [-0.3, -0.25) is 4.55 Å². The molecule has 0 heterocycles. The Labute approximate surface area is 171 Å². The van der Waals surface area contributed by atoms with Crippen molar-refractivity contribution in [1.29, 1.82) is 0 Å². The molecule has 130 valence electrons. The van der Waals surface area contributed by atoms with Crippen molar-refractivity contribution in [1.82, 2.24) is 0 Å². The molecule has 0 aliphatic heterocycles. The molecular weight excluding hydrogens is 351 g/mol. The minimum Gasteiger partial charge on any atom is -0.870 e. The summed E-state index contributed by atoms with van der Waals surface area (Å²) in [7, 11) is -4.54. The molecule has 0 radical (unpaired) electrons. The van der Waals surface area contributed by atoms with Crippen molar-refractivity contribution >= 4 is 10.1 Å². The molecule has 5 nitrogen and oxygen atoms in total. The van der Waals surface area contributed by atoms with E-state index in [0.717, 1.165) is 43.7 Å². The van der Waals surface area contributed by atoms with Gasteiger partial charge in [0.05, 0.1) is 0 Å². The summed E-state index contributed by atoms with van der Waals surface area (Å²) < 4.78 is 37.8. The molecule has 0 unspecified atom stereocenters. The summed E-state index contributed by atoms with van der Waals surface area (Å²) in [5.41, 5.74) is 0.901. The first-order valence-corrected chi connectivity index (χ1v) is 9.40. The van der Waals surface area contributed by atoms with Crippen LogP contribution in [0.2, 0.25) is 0 Å². The van der Waals surface area contributed by atoms with Gasteiger partial charge < -0.3 is 9.84 Å². The molecule has 0 saturated carbocycles. The van der Waals surface area contributed by atoms with E-state index in [1.165, 1.54) is 12.1 Å². The standard InChI is InChI=1S/C18H22O5S.Na/c1-2-3-4-5-9-14-10-6-7-12-16(14)23-18-15(19)11-8-13-17(18)24(20,21)22;/h6-8,10-13,19H,2-5,9H2,1H3,(H,20,21,22);/q;+1/p-1. The van der Waals surface area contributed by atoms with Gasteiger partial charge >= 0.3 is 29.6 Å². The van der Waals surface area contributed by atoms with Gasteiger partial charge in [-0.2, -0.15) is 8.42 Å². The fourth-order valence-corrected chi connectivity index (χ4v) is 3.09. The van der Waals surface area contributed by atoms with Gasteiger partial charge in [0.2, 0.25) is 0 Å². The monoisotopic (exact) mass is 372 g/mol. The number of para-hydroxylation sites is 2. The van der Waals surface area contributed by atoms with E-state index >= 15 is 0 Å². The zero-order valence-corrected chi connectivity index (χ0v) is 17.4. The van der Waals surface area contributed by atoms with Crippen LogP contribution in [0.4, 0.5) is 0 Å². The number of unbranched alkanes of at least 4 members (excludes halogenated alkanes) is 3. The molecule has 0 atom stereocenters. The first-order valence-electron chi connectivity index (χ1n) is 7.96. The molecule has 0 fully saturated rings. The summed E-state index contributed by atoms with van der Waals surface area (Å²) in [5.74, 6) is -0.533. The van der Waals surface area contributed by atoms with Crippen LogP contribution in [0.3, 0.4) is 0 Å². The van der Waals surface area contributed by atoms with Gasteiger partial charge in [0.25, 0.3) is 10.1 Å².